The van der Waals surface area contributed by atoms with Crippen LogP contribution in [-0.2, 0) is 27.3 Å². The van der Waals surface area contributed by atoms with Crippen LogP contribution in [0.2, 0.25) is 0 Å². The van der Waals surface area contributed by atoms with E-state index in [1.54, 1.807) is 34.5 Å². The Bertz CT molecular complexity index is 1470. The lowest BCUT2D eigenvalue weighted by Crippen LogP contribution is -2.63. The van der Waals surface area contributed by atoms with Gasteiger partial charge in [-0.3, -0.25) is 9.59 Å². The summed E-state index contributed by atoms with van der Waals surface area (Å²) >= 11 is 0. The molecule has 6 rings (SSSR count). The zero-order chi connectivity index (χ0) is 25.5. The van der Waals surface area contributed by atoms with Gasteiger partial charge in [0.25, 0.3) is 0 Å². The highest BCUT2D eigenvalue weighted by atomic mass is 16.5. The number of benzene rings is 2. The SMILES string of the molecule is COC(=O)c1ccc(C2c3[nH]c4ccccc4c3C[C@H]3C(=O)N(CCCn4ccnc4)CC(=O)N23)cc1. The van der Waals surface area contributed by atoms with Gasteiger partial charge in [-0.2, -0.15) is 0 Å². The van der Waals surface area contributed by atoms with Crippen molar-refractivity contribution in [3.8, 4) is 0 Å². The number of nitrogens with zero attached hydrogens (tertiary/aromatic N) is 4. The van der Waals surface area contributed by atoms with Crippen molar-refractivity contribution >= 4 is 28.7 Å². The number of fused-ring (bicyclic) bond motifs is 4. The lowest BCUT2D eigenvalue weighted by Gasteiger charge is -2.47. The third-order valence-corrected chi connectivity index (χ3v) is 7.39. The monoisotopic (exact) mass is 497 g/mol. The number of carbonyl (C=O) groups is 3. The van der Waals surface area contributed by atoms with E-state index in [0.29, 0.717) is 18.5 Å². The predicted molar refractivity (Wildman–Crippen MR) is 136 cm³/mol. The highest BCUT2D eigenvalue weighted by Crippen LogP contribution is 2.42. The summed E-state index contributed by atoms with van der Waals surface area (Å²) in [7, 11) is 1.35. The summed E-state index contributed by atoms with van der Waals surface area (Å²) in [6, 6.07) is 14.0. The summed E-state index contributed by atoms with van der Waals surface area (Å²) in [6.07, 6.45) is 6.56. The average Bonchev–Trinajstić information content (AvgIpc) is 3.58. The molecule has 0 spiro atoms. The average molecular weight is 498 g/mol. The molecule has 2 aromatic heterocycles. The van der Waals surface area contributed by atoms with E-state index in [4.69, 9.17) is 4.74 Å². The van der Waals surface area contributed by atoms with Crippen LogP contribution in [0.1, 0.15) is 39.6 Å². The second-order valence-electron chi connectivity index (χ2n) is 9.51. The van der Waals surface area contributed by atoms with Gasteiger partial charge < -0.3 is 24.1 Å². The number of piperazine rings is 1. The molecule has 0 aliphatic carbocycles. The minimum atomic E-state index is -0.591. The first kappa shape index (κ1) is 23.0. The van der Waals surface area contributed by atoms with E-state index in [2.05, 4.69) is 16.0 Å². The first-order valence-electron chi connectivity index (χ1n) is 12.4. The van der Waals surface area contributed by atoms with Gasteiger partial charge in [-0.1, -0.05) is 30.3 Å². The molecule has 2 aromatic carbocycles. The number of H-pyrrole nitrogens is 1. The fraction of sp³-hybridized carbons (Fsp3) is 0.286. The van der Waals surface area contributed by atoms with Crippen LogP contribution >= 0.6 is 0 Å². The molecule has 4 heterocycles. The van der Waals surface area contributed by atoms with Crippen LogP contribution in [0.4, 0.5) is 0 Å². The van der Waals surface area contributed by atoms with Crippen molar-refractivity contribution in [1.82, 2.24) is 24.3 Å². The number of rotatable bonds is 6. The summed E-state index contributed by atoms with van der Waals surface area (Å²) in [5.74, 6) is -0.536. The van der Waals surface area contributed by atoms with E-state index < -0.39 is 18.1 Å². The van der Waals surface area contributed by atoms with Crippen LogP contribution in [0.15, 0.2) is 67.3 Å². The summed E-state index contributed by atoms with van der Waals surface area (Å²) in [4.78, 5) is 50.4. The highest BCUT2D eigenvalue weighted by molar-refractivity contribution is 5.97. The first-order valence-corrected chi connectivity index (χ1v) is 12.4. The van der Waals surface area contributed by atoms with Crippen molar-refractivity contribution in [3.05, 3.63) is 89.6 Å². The van der Waals surface area contributed by atoms with Crippen molar-refractivity contribution in [2.24, 2.45) is 0 Å². The molecular formula is C28H27N5O4. The molecule has 188 valence electrons. The van der Waals surface area contributed by atoms with Gasteiger partial charge in [0.1, 0.15) is 6.04 Å². The van der Waals surface area contributed by atoms with Gasteiger partial charge in [-0.05, 0) is 35.7 Å². The van der Waals surface area contributed by atoms with Gasteiger partial charge in [0.15, 0.2) is 0 Å². The Kier molecular flexibility index (Phi) is 5.75. The third kappa shape index (κ3) is 3.96. The number of methoxy groups -OCH3 is 1. The minimum absolute atomic E-state index is 0.0302. The number of amides is 2. The Morgan fingerprint density at radius 3 is 2.68 bits per heavy atom. The van der Waals surface area contributed by atoms with Gasteiger partial charge in [-0.15, -0.1) is 0 Å². The smallest absolute Gasteiger partial charge is 0.337 e. The normalized spacial score (nSPS) is 19.2. The molecule has 1 N–H and O–H groups in total. The fourth-order valence-electron chi connectivity index (χ4n) is 5.64. The van der Waals surface area contributed by atoms with E-state index in [0.717, 1.165) is 40.7 Å². The van der Waals surface area contributed by atoms with Gasteiger partial charge >= 0.3 is 5.97 Å². The number of hydrogen-bond acceptors (Lipinski definition) is 5. The maximum atomic E-state index is 13.8. The maximum Gasteiger partial charge on any atom is 0.337 e. The lowest BCUT2D eigenvalue weighted by molar-refractivity contribution is -0.158. The first-order chi connectivity index (χ1) is 18.0. The quantitative estimate of drug-likeness (QED) is 0.413. The van der Waals surface area contributed by atoms with E-state index >= 15 is 0 Å². The van der Waals surface area contributed by atoms with Crippen molar-refractivity contribution in [2.75, 3.05) is 20.2 Å². The highest BCUT2D eigenvalue weighted by Gasteiger charge is 2.48. The molecule has 1 fully saturated rings. The van der Waals surface area contributed by atoms with Crippen molar-refractivity contribution in [2.45, 2.75) is 31.5 Å². The van der Waals surface area contributed by atoms with E-state index in [-0.39, 0.29) is 18.4 Å². The molecule has 1 unspecified atom stereocenters. The van der Waals surface area contributed by atoms with Crippen molar-refractivity contribution in [1.29, 1.82) is 0 Å². The van der Waals surface area contributed by atoms with Crippen LogP contribution < -0.4 is 0 Å². The Hall–Kier alpha value is -4.40. The number of hydrogen-bond donors (Lipinski definition) is 1. The Balaban J connectivity index is 1.36. The number of nitrogens with one attached hydrogen (secondary N) is 1. The second-order valence-corrected chi connectivity index (χ2v) is 9.51. The van der Waals surface area contributed by atoms with Crippen LogP contribution in [-0.4, -0.2) is 68.4 Å². The molecule has 4 aromatic rings. The Labute approximate surface area is 213 Å². The summed E-state index contributed by atoms with van der Waals surface area (Å²) in [6.45, 7) is 1.28. The van der Waals surface area contributed by atoms with E-state index in [9.17, 15) is 14.4 Å². The standard InChI is InChI=1S/C28H27N5O4/c1-37-28(36)19-9-7-18(8-10-19)26-25-21(20-5-2-3-6-22(20)30-25)15-23-27(35)32(16-24(34)33(23)26)13-4-12-31-14-11-29-17-31/h2-3,5-11,14,17,23,26,30H,4,12-13,15-16H2,1H3/t23-,26?/m0/s1. The summed E-state index contributed by atoms with van der Waals surface area (Å²) in [5.41, 5.74) is 4.21. The Morgan fingerprint density at radius 2 is 1.92 bits per heavy atom. The van der Waals surface area contributed by atoms with Crippen molar-refractivity contribution < 1.29 is 19.1 Å². The molecule has 0 saturated carbocycles. The van der Waals surface area contributed by atoms with Crippen LogP contribution in [0.25, 0.3) is 10.9 Å². The number of aryl methyl sites for hydroxylation is 1. The molecule has 2 aliphatic heterocycles. The third-order valence-electron chi connectivity index (χ3n) is 7.39. The zero-order valence-electron chi connectivity index (χ0n) is 20.5. The molecule has 0 bridgehead atoms. The number of aromatic nitrogens is 3. The molecule has 2 amide bonds. The Morgan fingerprint density at radius 1 is 1.11 bits per heavy atom. The number of ether oxygens (including phenoxy) is 1. The molecule has 0 radical (unpaired) electrons. The minimum Gasteiger partial charge on any atom is -0.465 e. The molecule has 1 saturated heterocycles. The van der Waals surface area contributed by atoms with Crippen LogP contribution in [0.5, 0.6) is 0 Å². The zero-order valence-corrected chi connectivity index (χ0v) is 20.5. The number of esters is 1. The molecule has 9 nitrogen and oxygen atoms in total. The summed E-state index contributed by atoms with van der Waals surface area (Å²) in [5, 5.41) is 1.06. The van der Waals surface area contributed by atoms with Crippen molar-refractivity contribution in [3.63, 3.8) is 0 Å². The largest absolute Gasteiger partial charge is 0.465 e. The predicted octanol–water partition coefficient (Wildman–Crippen LogP) is 2.93. The molecular weight excluding hydrogens is 470 g/mol. The van der Waals surface area contributed by atoms with Gasteiger partial charge in [-0.25, -0.2) is 9.78 Å². The molecule has 2 aliphatic rings. The summed E-state index contributed by atoms with van der Waals surface area (Å²) < 4.78 is 6.81. The maximum absolute atomic E-state index is 13.8. The molecule has 37 heavy (non-hydrogen) atoms. The van der Waals surface area contributed by atoms with E-state index in [1.165, 1.54) is 7.11 Å². The van der Waals surface area contributed by atoms with Gasteiger partial charge in [0.05, 0.1) is 31.6 Å². The topological polar surface area (TPSA) is 101 Å². The lowest BCUT2D eigenvalue weighted by atomic mass is 9.86. The van der Waals surface area contributed by atoms with Crippen LogP contribution in [0, 0.1) is 0 Å². The fourth-order valence-corrected chi connectivity index (χ4v) is 5.64. The second kappa shape index (κ2) is 9.24. The molecule has 2 atom stereocenters. The van der Waals surface area contributed by atoms with Gasteiger partial charge in [0, 0.05) is 48.5 Å². The molecule has 9 heteroatoms. The number of para-hydroxylation sites is 1. The van der Waals surface area contributed by atoms with Gasteiger partial charge in [0.2, 0.25) is 11.8 Å². The van der Waals surface area contributed by atoms with E-state index in [1.807, 2.05) is 41.1 Å². The number of imidazole rings is 1. The number of carbonyl (C=O) groups excluding carboxylic acids is 3. The van der Waals surface area contributed by atoms with Crippen LogP contribution in [0.3, 0.4) is 0 Å². The number of aromatic amines is 1.